The molecule has 1 aliphatic heterocycles. The number of rotatable bonds is 9. The highest BCUT2D eigenvalue weighted by Crippen LogP contribution is 2.33. The Kier molecular flexibility index (Phi) is 6.69. The van der Waals surface area contributed by atoms with Gasteiger partial charge in [-0.3, -0.25) is 0 Å². The Balaban J connectivity index is 1.66. The first-order chi connectivity index (χ1) is 16.0. The molecule has 0 radical (unpaired) electrons. The van der Waals surface area contributed by atoms with Crippen LogP contribution in [-0.4, -0.2) is 35.1 Å². The number of nitrogens with zero attached hydrogens (tertiary/aromatic N) is 1. The second kappa shape index (κ2) is 9.83. The van der Waals surface area contributed by atoms with Gasteiger partial charge in [-0.1, -0.05) is 36.4 Å². The van der Waals surface area contributed by atoms with Crippen LogP contribution in [0.1, 0.15) is 16.7 Å². The minimum atomic E-state index is -3.72. The molecule has 1 N–H and O–H groups in total. The summed E-state index contributed by atoms with van der Waals surface area (Å²) in [7, 11) is -0.613. The number of fused-ring (bicyclic) bond motifs is 1. The molecule has 0 bridgehead atoms. The molecule has 1 aliphatic rings. The molecule has 0 aliphatic carbocycles. The molecule has 0 aromatic heterocycles. The van der Waals surface area contributed by atoms with E-state index in [9.17, 15) is 8.42 Å². The zero-order chi connectivity index (χ0) is 23.3. The number of hydrogen-bond donors (Lipinski definition) is 1. The highest BCUT2D eigenvalue weighted by atomic mass is 32.2. The van der Waals surface area contributed by atoms with Gasteiger partial charge in [0, 0.05) is 18.1 Å². The largest absolute Gasteiger partial charge is 0.497 e. The Bertz CT molecular complexity index is 1240. The molecule has 3 aromatic carbocycles. The van der Waals surface area contributed by atoms with Crippen LogP contribution >= 0.6 is 0 Å². The van der Waals surface area contributed by atoms with E-state index in [1.165, 1.54) is 0 Å². The van der Waals surface area contributed by atoms with Gasteiger partial charge < -0.3 is 18.9 Å². The van der Waals surface area contributed by atoms with Gasteiger partial charge in [0.25, 0.3) is 10.0 Å². The van der Waals surface area contributed by atoms with Gasteiger partial charge in [0.2, 0.25) is 6.79 Å². The highest BCUT2D eigenvalue weighted by molar-refractivity contribution is 7.88. The predicted molar refractivity (Wildman–Crippen MR) is 125 cm³/mol. The van der Waals surface area contributed by atoms with Gasteiger partial charge in [-0.15, -0.1) is 0 Å². The molecule has 0 unspecified atom stereocenters. The zero-order valence-corrected chi connectivity index (χ0v) is 19.1. The molecule has 0 atom stereocenters. The summed E-state index contributed by atoms with van der Waals surface area (Å²) in [5.74, 6) is 2.25. The maximum atomic E-state index is 12.7. The third kappa shape index (κ3) is 5.75. The molecule has 172 valence electrons. The predicted octanol–water partition coefficient (Wildman–Crippen LogP) is 3.50. The summed E-state index contributed by atoms with van der Waals surface area (Å²) in [6.07, 6.45) is 0.334. The van der Waals surface area contributed by atoms with Crippen LogP contribution in [0.5, 0.6) is 23.0 Å². The first-order valence-corrected chi connectivity index (χ1v) is 11.8. The van der Waals surface area contributed by atoms with Crippen LogP contribution in [0.4, 0.5) is 0 Å². The lowest BCUT2D eigenvalue weighted by Gasteiger charge is -2.12. The van der Waals surface area contributed by atoms with Gasteiger partial charge >= 0.3 is 0 Å². The summed E-state index contributed by atoms with van der Waals surface area (Å²) in [5, 5.41) is 4.30. The number of sulfonamides is 1. The Hall–Kier alpha value is -3.72. The van der Waals surface area contributed by atoms with Gasteiger partial charge in [0.1, 0.15) is 11.5 Å². The van der Waals surface area contributed by atoms with E-state index < -0.39 is 10.0 Å². The third-order valence-electron chi connectivity index (χ3n) is 5.01. The second-order valence-corrected chi connectivity index (χ2v) is 9.06. The van der Waals surface area contributed by atoms with E-state index in [0.29, 0.717) is 46.3 Å². The molecule has 0 saturated carbocycles. The maximum Gasteiger partial charge on any atom is 0.251 e. The molecule has 8 nitrogen and oxygen atoms in total. The highest BCUT2D eigenvalue weighted by Gasteiger charge is 2.17. The summed E-state index contributed by atoms with van der Waals surface area (Å²) in [4.78, 5) is 2.38. The molecule has 0 spiro atoms. The number of hydrogen-bond acceptors (Lipinski definition) is 7. The summed E-state index contributed by atoms with van der Waals surface area (Å²) in [6, 6.07) is 19.8. The van der Waals surface area contributed by atoms with Crippen molar-refractivity contribution in [2.24, 2.45) is 5.10 Å². The maximum absolute atomic E-state index is 12.7. The normalized spacial score (nSPS) is 13.0. The molecular formula is C24H24N2O6S. The van der Waals surface area contributed by atoms with Gasteiger partial charge in [-0.05, 0) is 35.4 Å². The van der Waals surface area contributed by atoms with Crippen LogP contribution < -0.4 is 23.8 Å². The number of methoxy groups -OCH3 is 2. The van der Waals surface area contributed by atoms with Crippen molar-refractivity contribution >= 4 is 15.7 Å². The Morgan fingerprint density at radius 2 is 1.61 bits per heavy atom. The van der Waals surface area contributed by atoms with Gasteiger partial charge in [0.05, 0.1) is 25.7 Å². The van der Waals surface area contributed by atoms with E-state index in [2.05, 4.69) is 9.93 Å². The second-order valence-electron chi connectivity index (χ2n) is 7.36. The minimum Gasteiger partial charge on any atom is -0.497 e. The lowest BCUT2D eigenvalue weighted by Crippen LogP contribution is -2.23. The molecule has 3 aromatic rings. The fraction of sp³-hybridized carbons (Fsp3) is 0.208. The van der Waals surface area contributed by atoms with Gasteiger partial charge in [-0.2, -0.15) is 5.10 Å². The van der Waals surface area contributed by atoms with Crippen molar-refractivity contribution < 1.29 is 27.4 Å². The van der Waals surface area contributed by atoms with E-state index in [4.69, 9.17) is 18.9 Å². The monoisotopic (exact) mass is 468 g/mol. The van der Waals surface area contributed by atoms with Crippen molar-refractivity contribution in [3.63, 3.8) is 0 Å². The fourth-order valence-corrected chi connectivity index (χ4v) is 4.32. The molecule has 0 fully saturated rings. The van der Waals surface area contributed by atoms with E-state index >= 15 is 0 Å². The van der Waals surface area contributed by atoms with Crippen molar-refractivity contribution in [3.05, 3.63) is 83.4 Å². The smallest absolute Gasteiger partial charge is 0.251 e. The zero-order valence-electron chi connectivity index (χ0n) is 18.3. The number of nitrogens with one attached hydrogen (secondary N) is 1. The quantitative estimate of drug-likeness (QED) is 0.382. The standard InChI is InChI=1S/C24H24N2O6S/c1-29-20-12-19(13-21(14-20)30-2)22(10-18-8-9-23-24(11-18)32-16-31-23)25-26-33(27,28)15-17-6-4-3-5-7-17/h3-9,11-14,26H,10,15-16H2,1-2H3. The van der Waals surface area contributed by atoms with Gasteiger partial charge in [-0.25, -0.2) is 13.2 Å². The van der Waals surface area contributed by atoms with Crippen molar-refractivity contribution in [1.29, 1.82) is 0 Å². The summed E-state index contributed by atoms with van der Waals surface area (Å²) in [6.45, 7) is 0.173. The lowest BCUT2D eigenvalue weighted by molar-refractivity contribution is 0.174. The van der Waals surface area contributed by atoms with Crippen LogP contribution in [0, 0.1) is 0 Å². The topological polar surface area (TPSA) is 95.4 Å². The van der Waals surface area contributed by atoms with E-state index in [1.54, 1.807) is 56.7 Å². The van der Waals surface area contributed by atoms with Crippen molar-refractivity contribution in [1.82, 2.24) is 4.83 Å². The molecular weight excluding hydrogens is 444 g/mol. The Labute approximate surface area is 192 Å². The third-order valence-corrected chi connectivity index (χ3v) is 6.10. The van der Waals surface area contributed by atoms with Crippen LogP contribution in [0.2, 0.25) is 0 Å². The molecule has 0 amide bonds. The van der Waals surface area contributed by atoms with Crippen molar-refractivity contribution in [2.75, 3.05) is 21.0 Å². The molecule has 4 rings (SSSR count). The molecule has 1 heterocycles. The summed E-state index contributed by atoms with van der Waals surface area (Å²) >= 11 is 0. The first kappa shape index (κ1) is 22.5. The van der Waals surface area contributed by atoms with E-state index in [0.717, 1.165) is 5.56 Å². The number of ether oxygens (including phenoxy) is 4. The Morgan fingerprint density at radius 3 is 2.30 bits per heavy atom. The average Bonchev–Trinajstić information content (AvgIpc) is 3.29. The van der Waals surface area contributed by atoms with Crippen molar-refractivity contribution in [3.8, 4) is 23.0 Å². The number of benzene rings is 3. The van der Waals surface area contributed by atoms with Crippen LogP contribution in [0.3, 0.4) is 0 Å². The van der Waals surface area contributed by atoms with Gasteiger partial charge in [0.15, 0.2) is 11.5 Å². The summed E-state index contributed by atoms with van der Waals surface area (Å²) < 4.78 is 47.0. The van der Waals surface area contributed by atoms with Crippen LogP contribution in [0.25, 0.3) is 0 Å². The first-order valence-electron chi connectivity index (χ1n) is 10.2. The fourth-order valence-electron chi connectivity index (χ4n) is 3.38. The van der Waals surface area contributed by atoms with E-state index in [1.807, 2.05) is 24.3 Å². The summed E-state index contributed by atoms with van der Waals surface area (Å²) in [5.41, 5.74) is 2.69. The number of hydrazone groups is 1. The Morgan fingerprint density at radius 1 is 0.909 bits per heavy atom. The molecule has 9 heteroatoms. The van der Waals surface area contributed by atoms with Crippen LogP contribution in [-0.2, 0) is 22.2 Å². The molecule has 33 heavy (non-hydrogen) atoms. The van der Waals surface area contributed by atoms with E-state index in [-0.39, 0.29) is 12.5 Å². The van der Waals surface area contributed by atoms with Crippen molar-refractivity contribution in [2.45, 2.75) is 12.2 Å². The molecule has 0 saturated heterocycles. The SMILES string of the molecule is COc1cc(OC)cc(C(Cc2ccc3c(c2)OCO3)=NNS(=O)(=O)Cc2ccccc2)c1. The lowest BCUT2D eigenvalue weighted by atomic mass is 10.0. The average molecular weight is 469 g/mol. The minimum absolute atomic E-state index is 0.173. The van der Waals surface area contributed by atoms with Crippen LogP contribution in [0.15, 0.2) is 71.8 Å².